The van der Waals surface area contributed by atoms with Gasteiger partial charge in [-0.05, 0) is 31.7 Å². The number of thiazole rings is 1. The highest BCUT2D eigenvalue weighted by Crippen LogP contribution is 2.37. The lowest BCUT2D eigenvalue weighted by Crippen LogP contribution is -2.27. The standard InChI is InChI=1S/C14H16N4OS2.C5H5Cl3N2OS/c1-3-9-12(21-14(18-9)16-4-2)13(19)17-10(8-15)11-6-5-7-20-11;1-2-11-4-9-3(10-12-4)5(6,7)8/h5-7,10H,3-4H2,1-2H3,(H,16,18)(H,17,19);2H2,1H3. The van der Waals surface area contributed by atoms with Crippen LogP contribution in [0.25, 0.3) is 0 Å². The zero-order valence-electron chi connectivity index (χ0n) is 17.9. The molecule has 0 fully saturated rings. The average molecular weight is 568 g/mol. The Morgan fingerprint density at radius 2 is 2.06 bits per heavy atom. The molecule has 14 heteroatoms. The van der Waals surface area contributed by atoms with Gasteiger partial charge in [0.25, 0.3) is 14.9 Å². The van der Waals surface area contributed by atoms with E-state index < -0.39 is 9.83 Å². The van der Waals surface area contributed by atoms with Gasteiger partial charge in [-0.15, -0.1) is 11.3 Å². The van der Waals surface area contributed by atoms with E-state index in [-0.39, 0.29) is 11.7 Å². The number of ether oxygens (including phenoxy) is 1. The van der Waals surface area contributed by atoms with Gasteiger partial charge in [0, 0.05) is 23.0 Å². The number of carbonyl (C=O) groups is 1. The smallest absolute Gasteiger partial charge is 0.293 e. The van der Waals surface area contributed by atoms with E-state index in [1.807, 2.05) is 38.3 Å². The van der Waals surface area contributed by atoms with Crippen LogP contribution >= 0.6 is 69.0 Å². The molecule has 0 aliphatic heterocycles. The molecule has 0 aliphatic carbocycles. The molecule has 0 aliphatic rings. The molecule has 1 unspecified atom stereocenters. The number of carbonyl (C=O) groups excluding carboxylic acids is 1. The minimum absolute atomic E-state index is 0.154. The molecule has 0 bridgehead atoms. The van der Waals surface area contributed by atoms with Crippen LogP contribution in [0, 0.1) is 11.3 Å². The van der Waals surface area contributed by atoms with Crippen LogP contribution in [0.3, 0.4) is 0 Å². The quantitative estimate of drug-likeness (QED) is 0.323. The second kappa shape index (κ2) is 13.3. The number of alkyl halides is 3. The molecule has 0 saturated heterocycles. The van der Waals surface area contributed by atoms with E-state index in [0.717, 1.165) is 33.8 Å². The number of rotatable bonds is 8. The zero-order valence-corrected chi connectivity index (χ0v) is 22.6. The number of hydrogen-bond donors (Lipinski definition) is 2. The molecule has 3 aromatic rings. The Morgan fingerprint density at radius 3 is 2.58 bits per heavy atom. The third-order valence-electron chi connectivity index (χ3n) is 3.73. The summed E-state index contributed by atoms with van der Waals surface area (Å²) >= 11 is 20.4. The predicted octanol–water partition coefficient (Wildman–Crippen LogP) is 5.96. The van der Waals surface area contributed by atoms with Crippen LogP contribution in [0.15, 0.2) is 17.5 Å². The third-order valence-corrected chi connectivity index (χ3v) is 6.86. The lowest BCUT2D eigenvalue weighted by Gasteiger charge is -2.09. The van der Waals surface area contributed by atoms with Crippen molar-refractivity contribution in [3.63, 3.8) is 0 Å². The number of anilines is 1. The highest BCUT2D eigenvalue weighted by atomic mass is 35.6. The van der Waals surface area contributed by atoms with Crippen LogP contribution in [-0.4, -0.2) is 33.4 Å². The van der Waals surface area contributed by atoms with E-state index in [1.54, 1.807) is 0 Å². The zero-order chi connectivity index (χ0) is 24.4. The van der Waals surface area contributed by atoms with E-state index in [1.165, 1.54) is 22.7 Å². The second-order valence-electron chi connectivity index (χ2n) is 6.04. The topological polar surface area (TPSA) is 113 Å². The van der Waals surface area contributed by atoms with E-state index in [0.29, 0.717) is 23.1 Å². The van der Waals surface area contributed by atoms with Gasteiger partial charge >= 0.3 is 0 Å². The van der Waals surface area contributed by atoms with Crippen LogP contribution in [0.5, 0.6) is 5.19 Å². The highest BCUT2D eigenvalue weighted by Gasteiger charge is 2.28. The summed E-state index contributed by atoms with van der Waals surface area (Å²) in [6.07, 6.45) is 0.681. The van der Waals surface area contributed by atoms with Crippen molar-refractivity contribution in [2.45, 2.75) is 37.0 Å². The number of nitrogens with one attached hydrogen (secondary N) is 2. The number of halogens is 3. The number of amides is 1. The molecule has 178 valence electrons. The van der Waals surface area contributed by atoms with Gasteiger partial charge < -0.3 is 15.4 Å². The van der Waals surface area contributed by atoms with Gasteiger partial charge in [-0.25, -0.2) is 4.98 Å². The van der Waals surface area contributed by atoms with Crippen molar-refractivity contribution in [3.8, 4) is 11.3 Å². The molecule has 0 saturated carbocycles. The minimum atomic E-state index is -1.56. The van der Waals surface area contributed by atoms with E-state index in [2.05, 4.69) is 31.0 Å². The molecule has 8 nitrogen and oxygen atoms in total. The first kappa shape index (κ1) is 27.6. The minimum Gasteiger partial charge on any atom is -0.469 e. The fraction of sp³-hybridized carbons (Fsp3) is 0.421. The molecule has 3 heterocycles. The Bertz CT molecular complexity index is 1060. The van der Waals surface area contributed by atoms with Gasteiger partial charge in [-0.1, -0.05) is 59.1 Å². The third kappa shape index (κ3) is 8.24. The van der Waals surface area contributed by atoms with Crippen molar-refractivity contribution < 1.29 is 9.53 Å². The largest absolute Gasteiger partial charge is 0.469 e. The van der Waals surface area contributed by atoms with Crippen molar-refractivity contribution in [3.05, 3.63) is 38.8 Å². The summed E-state index contributed by atoms with van der Waals surface area (Å²) in [6.45, 7) is 7.07. The van der Waals surface area contributed by atoms with Crippen molar-refractivity contribution in [1.29, 1.82) is 5.26 Å². The summed E-state index contributed by atoms with van der Waals surface area (Å²) < 4.78 is 7.30. The number of nitrogens with zero attached hydrogens (tertiary/aromatic N) is 4. The number of hydrogen-bond acceptors (Lipinski definition) is 10. The molecule has 1 amide bonds. The van der Waals surface area contributed by atoms with Gasteiger partial charge in [0.2, 0.25) is 0 Å². The van der Waals surface area contributed by atoms with Crippen molar-refractivity contribution in [1.82, 2.24) is 19.7 Å². The number of thiophene rings is 1. The van der Waals surface area contributed by atoms with E-state index >= 15 is 0 Å². The molecule has 2 N–H and O–H groups in total. The normalized spacial score (nSPS) is 11.7. The Kier molecular flexibility index (Phi) is 11.1. The van der Waals surface area contributed by atoms with Crippen molar-refractivity contribution in [2.75, 3.05) is 18.5 Å². The van der Waals surface area contributed by atoms with E-state index in [9.17, 15) is 10.1 Å². The molecule has 33 heavy (non-hydrogen) atoms. The Morgan fingerprint density at radius 1 is 1.30 bits per heavy atom. The maximum absolute atomic E-state index is 12.4. The molecular weight excluding hydrogens is 547 g/mol. The Balaban J connectivity index is 0.000000273. The monoisotopic (exact) mass is 566 g/mol. The highest BCUT2D eigenvalue weighted by molar-refractivity contribution is 7.17. The summed E-state index contributed by atoms with van der Waals surface area (Å²) in [5.41, 5.74) is 0.760. The summed E-state index contributed by atoms with van der Waals surface area (Å²) in [5.74, 6) is -0.0885. The molecule has 0 spiro atoms. The summed E-state index contributed by atoms with van der Waals surface area (Å²) in [7, 11) is 0. The van der Waals surface area contributed by atoms with Crippen LogP contribution in [0.2, 0.25) is 0 Å². The van der Waals surface area contributed by atoms with Crippen LogP contribution in [-0.2, 0) is 10.2 Å². The summed E-state index contributed by atoms with van der Waals surface area (Å²) in [4.78, 5) is 22.1. The molecule has 3 aromatic heterocycles. The first-order valence-electron chi connectivity index (χ1n) is 9.74. The molecule has 3 rings (SSSR count). The summed E-state index contributed by atoms with van der Waals surface area (Å²) in [5, 5.41) is 18.2. The first-order chi connectivity index (χ1) is 15.7. The van der Waals surface area contributed by atoms with Gasteiger partial charge in [0.05, 0.1) is 18.4 Å². The average Bonchev–Trinajstić information content (AvgIpc) is 3.53. The Hall–Kier alpha value is -1.68. The summed E-state index contributed by atoms with van der Waals surface area (Å²) in [6, 6.07) is 5.21. The molecular formula is C19H21Cl3N6O2S3. The lowest BCUT2D eigenvalue weighted by atomic mass is 10.2. The fourth-order valence-corrected chi connectivity index (χ4v) is 5.11. The first-order valence-corrected chi connectivity index (χ1v) is 13.3. The van der Waals surface area contributed by atoms with Gasteiger partial charge in [-0.3, -0.25) is 4.79 Å². The SMILES string of the molecule is CCNc1nc(CC)c(C(=O)NC(C#N)c2cccs2)s1.CCOc1nc(C(Cl)(Cl)Cl)ns1. The maximum Gasteiger partial charge on any atom is 0.293 e. The molecule has 1 atom stereocenters. The molecule has 0 radical (unpaired) electrons. The van der Waals surface area contributed by atoms with Crippen LogP contribution in [0.4, 0.5) is 5.13 Å². The van der Waals surface area contributed by atoms with Gasteiger partial charge in [-0.2, -0.15) is 14.6 Å². The van der Waals surface area contributed by atoms with Gasteiger partial charge in [0.1, 0.15) is 4.88 Å². The number of aryl methyl sites for hydroxylation is 1. The van der Waals surface area contributed by atoms with Crippen LogP contribution < -0.4 is 15.4 Å². The van der Waals surface area contributed by atoms with Gasteiger partial charge in [0.15, 0.2) is 17.0 Å². The second-order valence-corrected chi connectivity index (χ2v) is 11.0. The number of nitriles is 1. The molecule has 0 aromatic carbocycles. The van der Waals surface area contributed by atoms with Crippen molar-refractivity contribution in [2.24, 2.45) is 0 Å². The Labute approximate surface area is 219 Å². The maximum atomic E-state index is 12.4. The fourth-order valence-electron chi connectivity index (χ4n) is 2.32. The van der Waals surface area contributed by atoms with Crippen molar-refractivity contribution >= 4 is 80.0 Å². The van der Waals surface area contributed by atoms with Crippen LogP contribution in [0.1, 0.15) is 52.9 Å². The predicted molar refractivity (Wildman–Crippen MR) is 136 cm³/mol. The lowest BCUT2D eigenvalue weighted by molar-refractivity contribution is 0.0948. The van der Waals surface area contributed by atoms with E-state index in [4.69, 9.17) is 39.5 Å². The number of aromatic nitrogens is 3.